The Bertz CT molecular complexity index is 2070. The quantitative estimate of drug-likeness (QED) is 0.129. The van der Waals surface area contributed by atoms with Crippen LogP contribution < -0.4 is 29.1 Å². The molecule has 3 amide bonds. The molecule has 3 aromatic carbocycles. The summed E-state index contributed by atoms with van der Waals surface area (Å²) < 4.78 is 29.1. The molecule has 0 aliphatic carbocycles. The van der Waals surface area contributed by atoms with E-state index in [1.807, 2.05) is 0 Å². The van der Waals surface area contributed by atoms with E-state index in [0.717, 1.165) is 22.5 Å². The first-order valence-corrected chi connectivity index (χ1v) is 18.5. The van der Waals surface area contributed by atoms with Crippen molar-refractivity contribution in [2.45, 2.75) is 57.0 Å². The lowest BCUT2D eigenvalue weighted by Crippen LogP contribution is -2.50. The van der Waals surface area contributed by atoms with Crippen LogP contribution in [-0.4, -0.2) is 106 Å². The van der Waals surface area contributed by atoms with E-state index in [9.17, 15) is 19.5 Å². The first-order chi connectivity index (χ1) is 27.1. The number of amides is 3. The third kappa shape index (κ3) is 7.63. The largest absolute Gasteiger partial charge is 0.493 e. The molecule has 0 saturated carbocycles. The van der Waals surface area contributed by atoms with Gasteiger partial charge in [-0.15, -0.1) is 0 Å². The average Bonchev–Trinajstić information content (AvgIpc) is 3.74. The monoisotopic (exact) mass is 761 g/mol. The second-order valence-electron chi connectivity index (χ2n) is 14.2. The molecule has 0 bridgehead atoms. The number of ether oxygens (including phenoxy) is 5. The van der Waals surface area contributed by atoms with E-state index in [-0.39, 0.29) is 42.3 Å². The zero-order valence-electron chi connectivity index (χ0n) is 31.5. The lowest BCUT2D eigenvalue weighted by molar-refractivity contribution is 0.0485. The predicted octanol–water partition coefficient (Wildman–Crippen LogP) is 5.56. The van der Waals surface area contributed by atoms with Crippen LogP contribution in [-0.2, 0) is 11.3 Å². The minimum atomic E-state index is -1.42. The number of hydrogen-bond acceptors (Lipinski definition) is 11. The van der Waals surface area contributed by atoms with Crippen molar-refractivity contribution in [1.82, 2.24) is 9.80 Å². The summed E-state index contributed by atoms with van der Waals surface area (Å²) >= 11 is 0. The number of unbranched alkanes of at least 4 members (excludes halogenated alkanes) is 2. The van der Waals surface area contributed by atoms with Gasteiger partial charge in [0, 0.05) is 37.1 Å². The van der Waals surface area contributed by atoms with Crippen LogP contribution in [0.15, 0.2) is 77.8 Å². The number of fused-ring (bicyclic) bond motifs is 4. The molecule has 0 aromatic heterocycles. The van der Waals surface area contributed by atoms with Gasteiger partial charge in [-0.1, -0.05) is 36.4 Å². The van der Waals surface area contributed by atoms with E-state index in [0.29, 0.717) is 90.9 Å². The Balaban J connectivity index is 1.00. The molecular formula is C41H44BN5O9. The van der Waals surface area contributed by atoms with E-state index in [4.69, 9.17) is 31.7 Å². The van der Waals surface area contributed by atoms with Crippen molar-refractivity contribution in [2.24, 2.45) is 4.99 Å². The number of carbonyl (C=O) groups is 3. The molecule has 56 heavy (non-hydrogen) atoms. The number of methoxy groups -OCH3 is 2. The van der Waals surface area contributed by atoms with Crippen molar-refractivity contribution in [2.75, 3.05) is 50.7 Å². The van der Waals surface area contributed by atoms with Crippen LogP contribution in [0.4, 0.5) is 21.9 Å². The molecule has 2 fully saturated rings. The first-order valence-electron chi connectivity index (χ1n) is 18.5. The van der Waals surface area contributed by atoms with Crippen LogP contribution >= 0.6 is 0 Å². The number of aliphatic hydroxyl groups is 1. The molecule has 1 unspecified atom stereocenters. The van der Waals surface area contributed by atoms with Crippen molar-refractivity contribution < 1.29 is 43.2 Å². The number of rotatable bonds is 13. The minimum Gasteiger partial charge on any atom is -0.493 e. The first kappa shape index (κ1) is 38.3. The minimum absolute atomic E-state index is 0.0800. The highest BCUT2D eigenvalue weighted by atomic mass is 16.6. The van der Waals surface area contributed by atoms with Gasteiger partial charge >= 0.3 is 6.09 Å². The van der Waals surface area contributed by atoms with E-state index < -0.39 is 18.4 Å². The van der Waals surface area contributed by atoms with Crippen LogP contribution in [0.1, 0.15) is 58.4 Å². The summed E-state index contributed by atoms with van der Waals surface area (Å²) in [6.07, 6.45) is 2.66. The third-order valence-electron chi connectivity index (χ3n) is 10.4. The Morgan fingerprint density at radius 3 is 2.16 bits per heavy atom. The third-order valence-corrected chi connectivity index (χ3v) is 10.4. The number of benzene rings is 3. The molecule has 0 spiro atoms. The number of nitrogens with one attached hydrogen (secondary N) is 1. The highest BCUT2D eigenvalue weighted by molar-refractivity contribution is 6.15. The highest BCUT2D eigenvalue weighted by Crippen LogP contribution is 2.42. The Hall–Kier alpha value is -5.96. The number of nitrogens with zero attached hydrogens (tertiary/aromatic N) is 4. The lowest BCUT2D eigenvalue weighted by Gasteiger charge is -2.31. The molecule has 2 radical (unpaired) electrons. The fourth-order valence-electron chi connectivity index (χ4n) is 7.45. The highest BCUT2D eigenvalue weighted by Gasteiger charge is 2.46. The van der Waals surface area contributed by atoms with E-state index in [2.05, 4.69) is 23.4 Å². The summed E-state index contributed by atoms with van der Waals surface area (Å²) in [7, 11) is 8.47. The van der Waals surface area contributed by atoms with Crippen LogP contribution in [0, 0.1) is 0 Å². The van der Waals surface area contributed by atoms with Crippen LogP contribution in [0.3, 0.4) is 0 Å². The van der Waals surface area contributed by atoms with Gasteiger partial charge < -0.3 is 43.8 Å². The summed E-state index contributed by atoms with van der Waals surface area (Å²) in [5.74, 6) is 1.07. The van der Waals surface area contributed by atoms with Crippen LogP contribution in [0.5, 0.6) is 23.0 Å². The summed E-state index contributed by atoms with van der Waals surface area (Å²) in [6.45, 7) is 9.42. The van der Waals surface area contributed by atoms with Gasteiger partial charge in [0.2, 0.25) is 7.98 Å². The summed E-state index contributed by atoms with van der Waals surface area (Å²) in [6, 6.07) is 12.7. The molecule has 14 nitrogen and oxygen atoms in total. The number of anilines is 2. The maximum absolute atomic E-state index is 13.9. The topological polar surface area (TPSA) is 152 Å². The second kappa shape index (κ2) is 16.4. The smallest absolute Gasteiger partial charge is 0.416 e. The SMILES string of the molecule is [B]Nc1ccc(COC(=O)N2c3cc(OCCCCCOc4cc5c(cc4OC)C(=O)N4CC(=C)CC4C=N5)c(OC)cc3C(=O)N3CC(=C)C[C@H]3[C@@H]2O)cc1. The van der Waals surface area contributed by atoms with E-state index in [1.54, 1.807) is 47.5 Å². The van der Waals surface area contributed by atoms with Crippen molar-refractivity contribution in [3.8, 4) is 23.0 Å². The molecule has 2 saturated heterocycles. The summed E-state index contributed by atoms with van der Waals surface area (Å²) in [5.41, 5.74) is 4.46. The molecule has 4 aliphatic heterocycles. The lowest BCUT2D eigenvalue weighted by atomic mass is 10.1. The number of aliphatic imine (C=N–C) groups is 1. The zero-order valence-corrected chi connectivity index (χ0v) is 31.5. The molecule has 2 N–H and O–H groups in total. The fourth-order valence-corrected chi connectivity index (χ4v) is 7.45. The summed E-state index contributed by atoms with van der Waals surface area (Å²) in [5, 5.41) is 14.2. The molecule has 4 heterocycles. The maximum Gasteiger partial charge on any atom is 0.416 e. The molecule has 290 valence electrons. The Morgan fingerprint density at radius 2 is 1.48 bits per heavy atom. The maximum atomic E-state index is 13.9. The van der Waals surface area contributed by atoms with E-state index in [1.165, 1.54) is 31.3 Å². The van der Waals surface area contributed by atoms with Gasteiger partial charge in [-0.05, 0) is 61.9 Å². The fraction of sp³-hybridized carbons (Fsp3) is 0.366. The molecular weight excluding hydrogens is 717 g/mol. The molecule has 7 rings (SSSR count). The number of aliphatic hydroxyl groups excluding tert-OH is 1. The van der Waals surface area contributed by atoms with Crippen molar-refractivity contribution in [3.63, 3.8) is 0 Å². The van der Waals surface area contributed by atoms with Crippen molar-refractivity contribution in [3.05, 3.63) is 89.5 Å². The van der Waals surface area contributed by atoms with Gasteiger partial charge in [0.25, 0.3) is 11.8 Å². The zero-order chi connectivity index (χ0) is 39.5. The molecule has 15 heteroatoms. The summed E-state index contributed by atoms with van der Waals surface area (Å²) in [4.78, 5) is 49.9. The Labute approximate surface area is 326 Å². The normalized spacial score (nSPS) is 19.8. The van der Waals surface area contributed by atoms with Crippen LogP contribution in [0.2, 0.25) is 0 Å². The molecule has 3 atom stereocenters. The number of hydrogen-bond donors (Lipinski definition) is 2. The molecule has 3 aromatic rings. The molecule has 4 aliphatic rings. The van der Waals surface area contributed by atoms with E-state index >= 15 is 0 Å². The van der Waals surface area contributed by atoms with Gasteiger partial charge in [-0.3, -0.25) is 14.6 Å². The van der Waals surface area contributed by atoms with Gasteiger partial charge in [0.15, 0.2) is 29.2 Å². The standard InChI is InChI=1S/C41H44BN5O9/c1-24-14-28-20-43-31-18-36(34(52-3)16-29(31)38(48)45(28)21-24)54-12-6-5-7-13-55-37-19-32-30(17-35(37)53-4)39(49)46-22-25(2)15-33(46)40(50)47(32)41(51)56-23-26-8-10-27(44-42)11-9-26/h8-11,16-20,28,33,40,44,50H,1-2,5-7,12-15,21-23H2,3-4H3/t28?,33-,40-/m0/s1. The van der Waals surface area contributed by atoms with Crippen molar-refractivity contribution >= 4 is 49.2 Å². The number of carbonyl (C=O) groups excluding carboxylic acids is 3. The Kier molecular flexibility index (Phi) is 11.2. The average molecular weight is 762 g/mol. The van der Waals surface area contributed by atoms with Gasteiger partial charge in [0.1, 0.15) is 6.61 Å². The van der Waals surface area contributed by atoms with Gasteiger partial charge in [-0.25, -0.2) is 9.69 Å². The van der Waals surface area contributed by atoms with Gasteiger partial charge in [-0.2, -0.15) is 0 Å². The van der Waals surface area contributed by atoms with Crippen LogP contribution in [0.25, 0.3) is 0 Å². The Morgan fingerprint density at radius 1 is 0.857 bits per heavy atom. The van der Waals surface area contributed by atoms with Gasteiger partial charge in [0.05, 0.1) is 62.0 Å². The van der Waals surface area contributed by atoms with Crippen molar-refractivity contribution in [1.29, 1.82) is 0 Å². The predicted molar refractivity (Wildman–Crippen MR) is 211 cm³/mol. The second-order valence-corrected chi connectivity index (χ2v) is 14.2.